The van der Waals surface area contributed by atoms with Crippen LogP contribution in [0.15, 0.2) is 24.3 Å². The molecule has 0 aliphatic heterocycles. The van der Waals surface area contributed by atoms with Gasteiger partial charge in [0.25, 0.3) is 0 Å². The maximum Gasteiger partial charge on any atom is 0.135 e. The molecule has 2 heteroatoms. The van der Waals surface area contributed by atoms with Gasteiger partial charge in [-0.1, -0.05) is 24.0 Å². The summed E-state index contributed by atoms with van der Waals surface area (Å²) in [7, 11) is 0. The van der Waals surface area contributed by atoms with E-state index in [1.54, 1.807) is 0 Å². The van der Waals surface area contributed by atoms with Crippen LogP contribution in [0.1, 0.15) is 31.2 Å². The maximum absolute atomic E-state index is 5.96. The lowest BCUT2D eigenvalue weighted by Crippen LogP contribution is -2.11. The third-order valence-electron chi connectivity index (χ3n) is 2.81. The maximum atomic E-state index is 5.96. The molecule has 1 aromatic carbocycles. The van der Waals surface area contributed by atoms with Crippen molar-refractivity contribution in [1.82, 2.24) is 0 Å². The van der Waals surface area contributed by atoms with E-state index in [0.29, 0.717) is 12.6 Å². The van der Waals surface area contributed by atoms with E-state index < -0.39 is 0 Å². The van der Waals surface area contributed by atoms with Crippen molar-refractivity contribution < 1.29 is 4.74 Å². The van der Waals surface area contributed by atoms with Crippen molar-refractivity contribution in [2.45, 2.75) is 31.8 Å². The first-order valence-electron chi connectivity index (χ1n) is 5.85. The van der Waals surface area contributed by atoms with Crippen LogP contribution in [0, 0.1) is 11.8 Å². The van der Waals surface area contributed by atoms with Gasteiger partial charge >= 0.3 is 0 Å². The molecule has 84 valence electrons. The van der Waals surface area contributed by atoms with Crippen LogP contribution >= 0.6 is 0 Å². The fraction of sp³-hybridized carbons (Fsp3) is 0.429. The minimum absolute atomic E-state index is 0.376. The average Bonchev–Trinajstić information content (AvgIpc) is 2.81. The van der Waals surface area contributed by atoms with E-state index in [-0.39, 0.29) is 0 Å². The molecular formula is C14H17NO. The van der Waals surface area contributed by atoms with Gasteiger partial charge in [0.1, 0.15) is 5.75 Å². The van der Waals surface area contributed by atoms with Crippen LogP contribution in [0.5, 0.6) is 5.75 Å². The third kappa shape index (κ3) is 2.77. The van der Waals surface area contributed by atoms with Crippen LogP contribution < -0.4 is 10.5 Å². The third-order valence-corrected chi connectivity index (χ3v) is 2.81. The fourth-order valence-electron chi connectivity index (χ4n) is 2.00. The van der Waals surface area contributed by atoms with Crippen molar-refractivity contribution in [3.8, 4) is 17.6 Å². The van der Waals surface area contributed by atoms with Crippen molar-refractivity contribution in [2.24, 2.45) is 5.73 Å². The molecule has 0 bridgehead atoms. The summed E-state index contributed by atoms with van der Waals surface area (Å²) in [5.41, 5.74) is 6.32. The highest BCUT2D eigenvalue weighted by molar-refractivity contribution is 5.46. The first kappa shape index (κ1) is 11.0. The van der Waals surface area contributed by atoms with Gasteiger partial charge in [-0.3, -0.25) is 0 Å². The van der Waals surface area contributed by atoms with Crippen LogP contribution in [0.2, 0.25) is 0 Å². The van der Waals surface area contributed by atoms with E-state index in [0.717, 1.165) is 11.3 Å². The minimum atomic E-state index is 0.376. The Hall–Kier alpha value is -1.46. The van der Waals surface area contributed by atoms with Crippen LogP contribution in [0.4, 0.5) is 0 Å². The molecule has 0 saturated heterocycles. The molecule has 0 aromatic heterocycles. The zero-order valence-corrected chi connectivity index (χ0v) is 9.41. The molecule has 0 amide bonds. The number of hydrogen-bond donors (Lipinski definition) is 1. The number of nitrogens with two attached hydrogens (primary N) is 1. The first-order valence-corrected chi connectivity index (χ1v) is 5.85. The Morgan fingerprint density at radius 1 is 1.25 bits per heavy atom. The Kier molecular flexibility index (Phi) is 3.85. The molecule has 0 heterocycles. The largest absolute Gasteiger partial charge is 0.489 e. The van der Waals surface area contributed by atoms with Gasteiger partial charge in [-0.25, -0.2) is 0 Å². The van der Waals surface area contributed by atoms with Gasteiger partial charge in [0.2, 0.25) is 0 Å². The highest BCUT2D eigenvalue weighted by Gasteiger charge is 2.17. The van der Waals surface area contributed by atoms with Crippen molar-refractivity contribution in [1.29, 1.82) is 0 Å². The lowest BCUT2D eigenvalue weighted by Gasteiger charge is -2.14. The number of hydrogen-bond acceptors (Lipinski definition) is 2. The molecule has 2 rings (SSSR count). The molecule has 1 aliphatic rings. The second kappa shape index (κ2) is 5.58. The van der Waals surface area contributed by atoms with E-state index in [2.05, 4.69) is 11.8 Å². The van der Waals surface area contributed by atoms with Crippen LogP contribution in [0.3, 0.4) is 0 Å². The number of rotatable bonds is 2. The molecular weight excluding hydrogens is 198 g/mol. The van der Waals surface area contributed by atoms with Crippen LogP contribution in [-0.4, -0.2) is 12.6 Å². The number of benzene rings is 1. The predicted octanol–water partition coefficient (Wildman–Crippen LogP) is 2.32. The molecule has 0 atom stereocenters. The van der Waals surface area contributed by atoms with Crippen molar-refractivity contribution in [2.75, 3.05) is 6.54 Å². The Balaban J connectivity index is 2.12. The highest BCUT2D eigenvalue weighted by Crippen LogP contribution is 2.26. The molecule has 1 saturated carbocycles. The van der Waals surface area contributed by atoms with Gasteiger partial charge in [0, 0.05) is 0 Å². The molecule has 0 radical (unpaired) electrons. The second-order valence-electron chi connectivity index (χ2n) is 4.03. The first-order chi connectivity index (χ1) is 7.90. The average molecular weight is 215 g/mol. The highest BCUT2D eigenvalue weighted by atomic mass is 16.5. The smallest absolute Gasteiger partial charge is 0.135 e. The summed E-state index contributed by atoms with van der Waals surface area (Å²) in [4.78, 5) is 0. The van der Waals surface area contributed by atoms with Crippen molar-refractivity contribution >= 4 is 0 Å². The summed E-state index contributed by atoms with van der Waals surface area (Å²) in [6, 6.07) is 7.92. The SMILES string of the molecule is NCC#Cc1ccccc1OC1CCCC1. The standard InChI is InChI=1S/C14H17NO/c15-11-5-7-12-6-1-4-10-14(12)16-13-8-2-3-9-13/h1,4,6,10,13H,2-3,8-9,11,15H2. The van der Waals surface area contributed by atoms with Gasteiger partial charge in [-0.15, -0.1) is 0 Å². The zero-order valence-electron chi connectivity index (χ0n) is 9.41. The molecule has 1 aromatic rings. The summed E-state index contributed by atoms with van der Waals surface area (Å²) in [5.74, 6) is 6.81. The predicted molar refractivity (Wildman–Crippen MR) is 65.3 cm³/mol. The van der Waals surface area contributed by atoms with E-state index >= 15 is 0 Å². The second-order valence-corrected chi connectivity index (χ2v) is 4.03. The minimum Gasteiger partial charge on any atom is -0.489 e. The van der Waals surface area contributed by atoms with Gasteiger partial charge in [-0.05, 0) is 37.8 Å². The lowest BCUT2D eigenvalue weighted by atomic mass is 10.2. The summed E-state index contributed by atoms with van der Waals surface area (Å²) in [5, 5.41) is 0. The van der Waals surface area contributed by atoms with E-state index in [1.165, 1.54) is 25.7 Å². The van der Waals surface area contributed by atoms with E-state index in [1.807, 2.05) is 24.3 Å². The van der Waals surface area contributed by atoms with Crippen molar-refractivity contribution in [3.63, 3.8) is 0 Å². The molecule has 2 nitrogen and oxygen atoms in total. The van der Waals surface area contributed by atoms with Crippen LogP contribution in [0.25, 0.3) is 0 Å². The Morgan fingerprint density at radius 3 is 2.75 bits per heavy atom. The van der Waals surface area contributed by atoms with Gasteiger partial charge in [0.05, 0.1) is 18.2 Å². The Labute approximate surface area is 96.8 Å². The summed E-state index contributed by atoms with van der Waals surface area (Å²) < 4.78 is 5.96. The molecule has 2 N–H and O–H groups in total. The zero-order chi connectivity index (χ0) is 11.2. The summed E-state index contributed by atoms with van der Waals surface area (Å²) in [6.45, 7) is 0.387. The Bertz CT molecular complexity index is 397. The monoisotopic (exact) mass is 215 g/mol. The summed E-state index contributed by atoms with van der Waals surface area (Å²) in [6.07, 6.45) is 5.26. The molecule has 0 spiro atoms. The van der Waals surface area contributed by atoms with Gasteiger partial charge in [0.15, 0.2) is 0 Å². The summed E-state index contributed by atoms with van der Waals surface area (Å²) >= 11 is 0. The van der Waals surface area contributed by atoms with E-state index in [9.17, 15) is 0 Å². The number of ether oxygens (including phenoxy) is 1. The lowest BCUT2D eigenvalue weighted by molar-refractivity contribution is 0.209. The fourth-order valence-corrected chi connectivity index (χ4v) is 2.00. The molecule has 16 heavy (non-hydrogen) atoms. The van der Waals surface area contributed by atoms with Crippen LogP contribution in [-0.2, 0) is 0 Å². The topological polar surface area (TPSA) is 35.2 Å². The van der Waals surface area contributed by atoms with Crippen molar-refractivity contribution in [3.05, 3.63) is 29.8 Å². The normalized spacial score (nSPS) is 15.6. The van der Waals surface area contributed by atoms with E-state index in [4.69, 9.17) is 10.5 Å². The number of para-hydroxylation sites is 1. The van der Waals surface area contributed by atoms with Gasteiger partial charge < -0.3 is 10.5 Å². The van der Waals surface area contributed by atoms with Gasteiger partial charge in [-0.2, -0.15) is 0 Å². The molecule has 1 fully saturated rings. The Morgan fingerprint density at radius 2 is 2.00 bits per heavy atom. The molecule has 1 aliphatic carbocycles. The molecule has 0 unspecified atom stereocenters. The quantitative estimate of drug-likeness (QED) is 0.768.